The van der Waals surface area contributed by atoms with Gasteiger partial charge >= 0.3 is 5.97 Å². The smallest absolute Gasteiger partial charge is 0.338 e. The van der Waals surface area contributed by atoms with E-state index in [4.69, 9.17) is 5.73 Å². The van der Waals surface area contributed by atoms with Crippen molar-refractivity contribution in [2.24, 2.45) is 0 Å². The van der Waals surface area contributed by atoms with Crippen LogP contribution in [0.4, 0.5) is 10.2 Å². The first kappa shape index (κ1) is 9.45. The summed E-state index contributed by atoms with van der Waals surface area (Å²) in [6.45, 7) is 0. The summed E-state index contributed by atoms with van der Waals surface area (Å²) >= 11 is 0. The van der Waals surface area contributed by atoms with Crippen LogP contribution < -0.4 is 5.73 Å². The van der Waals surface area contributed by atoms with E-state index in [-0.39, 0.29) is 16.8 Å². The highest BCUT2D eigenvalue weighted by Crippen LogP contribution is 2.23. The second-order valence-corrected chi connectivity index (χ2v) is 2.98. The van der Waals surface area contributed by atoms with Crippen LogP contribution in [-0.2, 0) is 4.74 Å². The zero-order valence-electron chi connectivity index (χ0n) is 7.87. The lowest BCUT2D eigenvalue weighted by molar-refractivity contribution is 0.0600. The molecule has 0 fully saturated rings. The number of hydrogen-bond donors (Lipinski definition) is 2. The molecule has 2 rings (SSSR count). The molecule has 0 radical (unpaired) electrons. The van der Waals surface area contributed by atoms with Gasteiger partial charge in [-0.05, 0) is 12.1 Å². The Hall–Kier alpha value is -2.11. The quantitative estimate of drug-likeness (QED) is 0.688. The van der Waals surface area contributed by atoms with Crippen LogP contribution in [0, 0.1) is 5.82 Å². The van der Waals surface area contributed by atoms with Gasteiger partial charge < -0.3 is 10.5 Å². The number of nitrogens with one attached hydrogen (secondary N) is 1. The molecular weight excluding hydrogens is 201 g/mol. The molecule has 0 saturated carbocycles. The van der Waals surface area contributed by atoms with Crippen molar-refractivity contribution in [3.63, 3.8) is 0 Å². The lowest BCUT2D eigenvalue weighted by atomic mass is 10.1. The van der Waals surface area contributed by atoms with Crippen molar-refractivity contribution in [1.29, 1.82) is 0 Å². The minimum atomic E-state index is -0.607. The highest BCUT2D eigenvalue weighted by atomic mass is 19.1. The van der Waals surface area contributed by atoms with Crippen LogP contribution in [0.15, 0.2) is 12.1 Å². The Morgan fingerprint density at radius 3 is 3.00 bits per heavy atom. The van der Waals surface area contributed by atoms with Crippen molar-refractivity contribution in [2.45, 2.75) is 0 Å². The van der Waals surface area contributed by atoms with Crippen LogP contribution in [0.25, 0.3) is 10.9 Å². The van der Waals surface area contributed by atoms with Crippen LogP contribution >= 0.6 is 0 Å². The predicted molar refractivity (Wildman–Crippen MR) is 51.8 cm³/mol. The molecule has 1 aromatic carbocycles. The molecule has 1 heterocycles. The summed E-state index contributed by atoms with van der Waals surface area (Å²) in [5.74, 6) is -1.14. The third kappa shape index (κ3) is 1.39. The number of anilines is 1. The number of H-pyrrole nitrogens is 1. The summed E-state index contributed by atoms with van der Waals surface area (Å²) in [5.41, 5.74) is 5.92. The predicted octanol–water partition coefficient (Wildman–Crippen LogP) is 1.07. The standard InChI is InChI=1S/C9H8FN3O2/c1-15-9(14)4-2-5(10)7-6(3-4)12-13-8(7)11/h2-3H,1H3,(H3,11,12,13). The second kappa shape index (κ2) is 3.23. The van der Waals surface area contributed by atoms with Gasteiger partial charge in [-0.15, -0.1) is 0 Å². The highest BCUT2D eigenvalue weighted by Gasteiger charge is 2.13. The second-order valence-electron chi connectivity index (χ2n) is 2.98. The van der Waals surface area contributed by atoms with E-state index in [1.165, 1.54) is 13.2 Å². The van der Waals surface area contributed by atoms with Gasteiger partial charge in [0.15, 0.2) is 5.82 Å². The number of carbonyl (C=O) groups excluding carboxylic acids is 1. The average Bonchev–Trinajstić information content (AvgIpc) is 2.59. The number of halogens is 1. The number of aromatic amines is 1. The Kier molecular flexibility index (Phi) is 2.03. The zero-order chi connectivity index (χ0) is 11.0. The van der Waals surface area contributed by atoms with Crippen molar-refractivity contribution >= 4 is 22.7 Å². The van der Waals surface area contributed by atoms with Gasteiger partial charge in [0.1, 0.15) is 5.82 Å². The molecule has 0 atom stereocenters. The van der Waals surface area contributed by atoms with Crippen molar-refractivity contribution in [3.8, 4) is 0 Å². The number of carbonyl (C=O) groups is 1. The number of benzene rings is 1. The van der Waals surface area contributed by atoms with E-state index >= 15 is 0 Å². The highest BCUT2D eigenvalue weighted by molar-refractivity contribution is 5.97. The van der Waals surface area contributed by atoms with Crippen LogP contribution in [-0.4, -0.2) is 23.3 Å². The number of methoxy groups -OCH3 is 1. The monoisotopic (exact) mass is 209 g/mol. The minimum absolute atomic E-state index is 0.0684. The Morgan fingerprint density at radius 2 is 2.33 bits per heavy atom. The van der Waals surface area contributed by atoms with Crippen molar-refractivity contribution in [2.75, 3.05) is 12.8 Å². The van der Waals surface area contributed by atoms with E-state index in [1.54, 1.807) is 0 Å². The molecule has 1 aromatic heterocycles. The summed E-state index contributed by atoms with van der Waals surface area (Å²) in [6.07, 6.45) is 0. The maximum Gasteiger partial charge on any atom is 0.338 e. The average molecular weight is 209 g/mol. The Labute approximate surface area is 84.0 Å². The number of nitrogens with two attached hydrogens (primary N) is 1. The van der Waals surface area contributed by atoms with Gasteiger partial charge in [0, 0.05) is 0 Å². The third-order valence-electron chi connectivity index (χ3n) is 2.06. The number of nitrogen functional groups attached to an aromatic ring is 1. The Morgan fingerprint density at radius 1 is 1.60 bits per heavy atom. The number of hydrogen-bond acceptors (Lipinski definition) is 4. The molecule has 0 bridgehead atoms. The van der Waals surface area contributed by atoms with Crippen molar-refractivity contribution in [1.82, 2.24) is 10.2 Å². The topological polar surface area (TPSA) is 81.0 Å². The molecule has 0 amide bonds. The molecule has 0 aliphatic carbocycles. The largest absolute Gasteiger partial charge is 0.465 e. The van der Waals surface area contributed by atoms with Gasteiger partial charge in [0.25, 0.3) is 0 Å². The molecule has 5 nitrogen and oxygen atoms in total. The lowest BCUT2D eigenvalue weighted by Gasteiger charge is -2.00. The van der Waals surface area contributed by atoms with E-state index in [1.807, 2.05) is 0 Å². The van der Waals surface area contributed by atoms with Crippen molar-refractivity contribution < 1.29 is 13.9 Å². The normalized spacial score (nSPS) is 10.5. The molecular formula is C9H8FN3O2. The van der Waals surface area contributed by atoms with E-state index in [9.17, 15) is 9.18 Å². The van der Waals surface area contributed by atoms with Crippen molar-refractivity contribution in [3.05, 3.63) is 23.5 Å². The first-order valence-electron chi connectivity index (χ1n) is 4.15. The number of aromatic nitrogens is 2. The molecule has 0 saturated heterocycles. The number of ether oxygens (including phenoxy) is 1. The van der Waals surface area contributed by atoms with Crippen LogP contribution in [0.5, 0.6) is 0 Å². The summed E-state index contributed by atoms with van der Waals surface area (Å²) in [5, 5.41) is 6.35. The fourth-order valence-electron chi connectivity index (χ4n) is 1.37. The summed E-state index contributed by atoms with van der Waals surface area (Å²) in [7, 11) is 1.23. The molecule has 15 heavy (non-hydrogen) atoms. The Bertz CT molecular complexity index is 535. The molecule has 0 aliphatic heterocycles. The lowest BCUT2D eigenvalue weighted by Crippen LogP contribution is -2.01. The summed E-state index contributed by atoms with van der Waals surface area (Å²) in [4.78, 5) is 11.2. The van der Waals surface area contributed by atoms with Gasteiger partial charge in [-0.2, -0.15) is 5.10 Å². The van der Waals surface area contributed by atoms with Crippen LogP contribution in [0.1, 0.15) is 10.4 Å². The molecule has 0 aliphatic rings. The van der Waals surface area contributed by atoms with E-state index < -0.39 is 11.8 Å². The summed E-state index contributed by atoms with van der Waals surface area (Å²) in [6, 6.07) is 2.51. The molecule has 0 unspecified atom stereocenters. The SMILES string of the molecule is COC(=O)c1cc(F)c2c(N)n[nH]c2c1. The zero-order valence-corrected chi connectivity index (χ0v) is 7.87. The fourth-order valence-corrected chi connectivity index (χ4v) is 1.37. The van der Waals surface area contributed by atoms with Gasteiger partial charge in [-0.25, -0.2) is 9.18 Å². The number of nitrogens with zero attached hydrogens (tertiary/aromatic N) is 1. The number of esters is 1. The molecule has 78 valence electrons. The molecule has 2 aromatic rings. The van der Waals surface area contributed by atoms with Gasteiger partial charge in [0.2, 0.25) is 0 Å². The molecule has 6 heteroatoms. The van der Waals surface area contributed by atoms with E-state index in [2.05, 4.69) is 14.9 Å². The van der Waals surface area contributed by atoms with Gasteiger partial charge in [-0.1, -0.05) is 0 Å². The summed E-state index contributed by atoms with van der Waals surface area (Å²) < 4.78 is 18.0. The van der Waals surface area contributed by atoms with Gasteiger partial charge in [-0.3, -0.25) is 5.10 Å². The Balaban J connectivity index is 2.68. The van der Waals surface area contributed by atoms with Crippen LogP contribution in [0.3, 0.4) is 0 Å². The molecule has 3 N–H and O–H groups in total. The van der Waals surface area contributed by atoms with Crippen LogP contribution in [0.2, 0.25) is 0 Å². The van der Waals surface area contributed by atoms with E-state index in [0.717, 1.165) is 6.07 Å². The maximum absolute atomic E-state index is 13.5. The first-order valence-corrected chi connectivity index (χ1v) is 4.15. The van der Waals surface area contributed by atoms with E-state index in [0.29, 0.717) is 5.52 Å². The molecule has 0 spiro atoms. The fraction of sp³-hybridized carbons (Fsp3) is 0.111. The van der Waals surface area contributed by atoms with Gasteiger partial charge in [0.05, 0.1) is 23.6 Å². The minimum Gasteiger partial charge on any atom is -0.465 e. The maximum atomic E-state index is 13.5. The number of fused-ring (bicyclic) bond motifs is 1. The number of rotatable bonds is 1. The first-order chi connectivity index (χ1) is 7.13. The third-order valence-corrected chi connectivity index (χ3v) is 2.06.